The van der Waals surface area contributed by atoms with E-state index in [2.05, 4.69) is 20.3 Å². The quantitative estimate of drug-likeness (QED) is 0.559. The molecule has 0 unspecified atom stereocenters. The minimum Gasteiger partial charge on any atom is -0.497 e. The monoisotopic (exact) mass is 318 g/mol. The van der Waals surface area contributed by atoms with E-state index < -0.39 is 0 Å². The molecule has 9 heteroatoms. The first-order valence-electron chi connectivity index (χ1n) is 6.44. The average molecular weight is 318 g/mol. The van der Waals surface area contributed by atoms with Crippen molar-refractivity contribution in [2.75, 3.05) is 13.0 Å². The van der Waals surface area contributed by atoms with Gasteiger partial charge in [-0.3, -0.25) is 0 Å². The number of ether oxygens (including phenoxy) is 1. The second kappa shape index (κ2) is 6.06. The van der Waals surface area contributed by atoms with Crippen LogP contribution in [0.1, 0.15) is 11.7 Å². The summed E-state index contributed by atoms with van der Waals surface area (Å²) in [6.07, 6.45) is 0. The molecule has 0 saturated heterocycles. The lowest BCUT2D eigenvalue weighted by molar-refractivity contribution is 0.391. The van der Waals surface area contributed by atoms with E-state index in [1.165, 1.54) is 16.4 Å². The Hall–Kier alpha value is -2.55. The molecule has 22 heavy (non-hydrogen) atoms. The van der Waals surface area contributed by atoms with Gasteiger partial charge in [0.1, 0.15) is 11.6 Å². The van der Waals surface area contributed by atoms with Crippen LogP contribution in [0, 0.1) is 6.92 Å². The van der Waals surface area contributed by atoms with Crippen molar-refractivity contribution in [3.05, 3.63) is 36.0 Å². The topological polar surface area (TPSA) is 105 Å². The Kier molecular flexibility index (Phi) is 3.96. The molecule has 1 aromatic carbocycles. The number of nitrogens with two attached hydrogens (primary N) is 1. The lowest BCUT2D eigenvalue weighted by Crippen LogP contribution is -2.11. The predicted molar refractivity (Wildman–Crippen MR) is 80.8 cm³/mol. The second-order valence-electron chi connectivity index (χ2n) is 4.43. The summed E-state index contributed by atoms with van der Waals surface area (Å²) >= 11 is 1.38. The van der Waals surface area contributed by atoms with Crippen LogP contribution in [0.25, 0.3) is 11.4 Å². The number of aromatic nitrogens is 5. The number of aryl methyl sites for hydroxylation is 1. The van der Waals surface area contributed by atoms with Gasteiger partial charge in [-0.2, -0.15) is 4.98 Å². The molecule has 2 N–H and O–H groups in total. The highest BCUT2D eigenvalue weighted by atomic mass is 32.2. The van der Waals surface area contributed by atoms with Gasteiger partial charge in [0, 0.05) is 5.56 Å². The minimum absolute atomic E-state index is 0.465. The summed E-state index contributed by atoms with van der Waals surface area (Å²) in [5, 5.41) is 12.4. The van der Waals surface area contributed by atoms with Crippen molar-refractivity contribution < 1.29 is 9.26 Å². The molecule has 0 aliphatic carbocycles. The fourth-order valence-electron chi connectivity index (χ4n) is 1.77. The third kappa shape index (κ3) is 2.89. The fourth-order valence-corrected chi connectivity index (χ4v) is 2.51. The van der Waals surface area contributed by atoms with Crippen molar-refractivity contribution in [1.82, 2.24) is 25.0 Å². The summed E-state index contributed by atoms with van der Waals surface area (Å²) in [6, 6.07) is 7.47. The molecule has 2 aromatic heterocycles. The number of methoxy groups -OCH3 is 1. The van der Waals surface area contributed by atoms with Crippen molar-refractivity contribution in [3.8, 4) is 17.1 Å². The summed E-state index contributed by atoms with van der Waals surface area (Å²) in [7, 11) is 1.61. The van der Waals surface area contributed by atoms with Gasteiger partial charge in [-0.25, -0.2) is 4.68 Å². The molecule has 0 atom stereocenters. The standard InChI is InChI=1S/C13H14N6O2S/c1-8-16-17-13(19(8)14)22-7-11-15-12(18-21-11)9-4-3-5-10(6-9)20-2/h3-6H,7,14H2,1-2H3. The van der Waals surface area contributed by atoms with Crippen LogP contribution in [0.4, 0.5) is 0 Å². The SMILES string of the molecule is COc1cccc(-c2noc(CSc3nnc(C)n3N)n2)c1. The third-order valence-electron chi connectivity index (χ3n) is 2.96. The Morgan fingerprint density at radius 3 is 2.95 bits per heavy atom. The summed E-state index contributed by atoms with van der Waals surface area (Å²) < 4.78 is 11.8. The third-order valence-corrected chi connectivity index (χ3v) is 3.88. The van der Waals surface area contributed by atoms with E-state index in [9.17, 15) is 0 Å². The molecule has 0 bridgehead atoms. The molecule has 0 radical (unpaired) electrons. The van der Waals surface area contributed by atoms with Crippen molar-refractivity contribution in [3.63, 3.8) is 0 Å². The summed E-state index contributed by atoms with van der Waals surface area (Å²) in [6.45, 7) is 1.78. The maximum Gasteiger partial charge on any atom is 0.237 e. The van der Waals surface area contributed by atoms with E-state index in [1.54, 1.807) is 14.0 Å². The number of benzene rings is 1. The van der Waals surface area contributed by atoms with Gasteiger partial charge in [0.05, 0.1) is 12.9 Å². The molecule has 0 aliphatic rings. The predicted octanol–water partition coefficient (Wildman–Crippen LogP) is 1.65. The smallest absolute Gasteiger partial charge is 0.237 e. The maximum absolute atomic E-state index is 5.79. The number of hydrogen-bond acceptors (Lipinski definition) is 8. The number of nitrogens with zero attached hydrogens (tertiary/aromatic N) is 5. The van der Waals surface area contributed by atoms with Crippen LogP contribution in [-0.4, -0.2) is 32.1 Å². The molecule has 0 amide bonds. The van der Waals surface area contributed by atoms with Gasteiger partial charge < -0.3 is 15.1 Å². The van der Waals surface area contributed by atoms with Crippen LogP contribution in [-0.2, 0) is 5.75 Å². The first kappa shape index (κ1) is 14.4. The molecule has 0 fully saturated rings. The zero-order chi connectivity index (χ0) is 15.5. The second-order valence-corrected chi connectivity index (χ2v) is 5.37. The lowest BCUT2D eigenvalue weighted by Gasteiger charge is -2.00. The zero-order valence-corrected chi connectivity index (χ0v) is 12.9. The average Bonchev–Trinajstić information content (AvgIpc) is 3.14. The van der Waals surface area contributed by atoms with E-state index in [0.29, 0.717) is 28.4 Å². The Morgan fingerprint density at radius 1 is 1.36 bits per heavy atom. The highest BCUT2D eigenvalue weighted by Crippen LogP contribution is 2.24. The van der Waals surface area contributed by atoms with Gasteiger partial charge in [-0.15, -0.1) is 10.2 Å². The number of thioether (sulfide) groups is 1. The van der Waals surface area contributed by atoms with Crippen molar-refractivity contribution in [2.24, 2.45) is 0 Å². The fraction of sp³-hybridized carbons (Fsp3) is 0.231. The van der Waals surface area contributed by atoms with Gasteiger partial charge in [0.15, 0.2) is 0 Å². The van der Waals surface area contributed by atoms with Crippen molar-refractivity contribution in [1.29, 1.82) is 0 Å². The Bertz CT molecular complexity index is 784. The maximum atomic E-state index is 5.79. The molecule has 0 saturated carbocycles. The molecule has 2 heterocycles. The van der Waals surface area contributed by atoms with Crippen LogP contribution in [0.5, 0.6) is 5.75 Å². The Labute approximate surface area is 130 Å². The first-order chi connectivity index (χ1) is 10.7. The van der Waals surface area contributed by atoms with Gasteiger partial charge in [0.2, 0.25) is 16.9 Å². The molecular weight excluding hydrogens is 304 g/mol. The van der Waals surface area contributed by atoms with Crippen LogP contribution >= 0.6 is 11.8 Å². The Balaban J connectivity index is 1.72. The first-order valence-corrected chi connectivity index (χ1v) is 7.43. The number of nitrogen functional groups attached to an aromatic ring is 1. The number of hydrogen-bond donors (Lipinski definition) is 1. The van der Waals surface area contributed by atoms with Gasteiger partial charge in [-0.1, -0.05) is 29.1 Å². The van der Waals surface area contributed by atoms with Crippen molar-refractivity contribution in [2.45, 2.75) is 17.8 Å². The molecule has 8 nitrogen and oxygen atoms in total. The van der Waals surface area contributed by atoms with E-state index in [-0.39, 0.29) is 0 Å². The van der Waals surface area contributed by atoms with Crippen LogP contribution in [0.3, 0.4) is 0 Å². The highest BCUT2D eigenvalue weighted by molar-refractivity contribution is 7.98. The van der Waals surface area contributed by atoms with E-state index in [1.807, 2.05) is 24.3 Å². The normalized spacial score (nSPS) is 10.8. The summed E-state index contributed by atoms with van der Waals surface area (Å²) in [5.41, 5.74) is 0.831. The molecule has 0 aliphatic heterocycles. The van der Waals surface area contributed by atoms with Gasteiger partial charge >= 0.3 is 0 Å². The molecule has 3 rings (SSSR count). The summed E-state index contributed by atoms with van der Waals surface area (Å²) in [4.78, 5) is 4.36. The minimum atomic E-state index is 0.465. The van der Waals surface area contributed by atoms with E-state index in [4.69, 9.17) is 15.1 Å². The van der Waals surface area contributed by atoms with Crippen LogP contribution in [0.15, 0.2) is 33.9 Å². The molecule has 3 aromatic rings. The van der Waals surface area contributed by atoms with E-state index in [0.717, 1.165) is 11.3 Å². The lowest BCUT2D eigenvalue weighted by atomic mass is 10.2. The highest BCUT2D eigenvalue weighted by Gasteiger charge is 2.12. The Morgan fingerprint density at radius 2 is 2.23 bits per heavy atom. The van der Waals surface area contributed by atoms with Crippen LogP contribution < -0.4 is 10.6 Å². The van der Waals surface area contributed by atoms with Gasteiger partial charge in [0.25, 0.3) is 0 Å². The van der Waals surface area contributed by atoms with E-state index >= 15 is 0 Å². The molecule has 0 spiro atoms. The van der Waals surface area contributed by atoms with Crippen LogP contribution in [0.2, 0.25) is 0 Å². The largest absolute Gasteiger partial charge is 0.497 e. The molecule has 114 valence electrons. The van der Waals surface area contributed by atoms with Gasteiger partial charge in [-0.05, 0) is 19.1 Å². The van der Waals surface area contributed by atoms with Crippen molar-refractivity contribution >= 4 is 11.8 Å². The molecular formula is C13H14N6O2S. The number of rotatable bonds is 5. The zero-order valence-electron chi connectivity index (χ0n) is 12.1. The summed E-state index contributed by atoms with van der Waals surface area (Å²) in [5.74, 6) is 8.64.